The highest BCUT2D eigenvalue weighted by molar-refractivity contribution is 7.17. The number of aromatic nitrogens is 1. The third-order valence-corrected chi connectivity index (χ3v) is 7.00. The lowest BCUT2D eigenvalue weighted by molar-refractivity contribution is -0.132. The highest BCUT2D eigenvalue weighted by Crippen LogP contribution is 2.44. The molecule has 1 saturated heterocycles. The maximum atomic E-state index is 14.2. The van der Waals surface area contributed by atoms with Crippen molar-refractivity contribution < 1.29 is 33.4 Å². The van der Waals surface area contributed by atoms with Gasteiger partial charge < -0.3 is 14.6 Å². The molecule has 37 heavy (non-hydrogen) atoms. The van der Waals surface area contributed by atoms with Gasteiger partial charge >= 0.3 is 11.9 Å². The summed E-state index contributed by atoms with van der Waals surface area (Å²) in [4.78, 5) is 44.2. The number of unbranched alkanes of at least 4 members (excludes halogenated alkanes) is 1. The number of anilines is 1. The van der Waals surface area contributed by atoms with E-state index >= 15 is 0 Å². The van der Waals surface area contributed by atoms with E-state index in [4.69, 9.17) is 9.47 Å². The molecule has 0 aliphatic carbocycles. The fourth-order valence-electron chi connectivity index (χ4n) is 3.99. The van der Waals surface area contributed by atoms with Gasteiger partial charge in [0.15, 0.2) is 5.13 Å². The second-order valence-corrected chi connectivity index (χ2v) is 9.33. The van der Waals surface area contributed by atoms with Crippen LogP contribution < -0.4 is 9.64 Å². The van der Waals surface area contributed by atoms with E-state index in [2.05, 4.69) is 11.9 Å². The first-order chi connectivity index (χ1) is 17.8. The summed E-state index contributed by atoms with van der Waals surface area (Å²) >= 11 is 0.871. The van der Waals surface area contributed by atoms with Crippen LogP contribution in [0, 0.1) is 12.7 Å². The molecule has 0 spiro atoms. The van der Waals surface area contributed by atoms with Crippen LogP contribution in [0.25, 0.3) is 5.76 Å². The Morgan fingerprint density at radius 3 is 2.57 bits per heavy atom. The van der Waals surface area contributed by atoms with E-state index in [-0.39, 0.29) is 26.7 Å². The number of carbonyl (C=O) groups is 3. The second-order valence-electron chi connectivity index (χ2n) is 8.35. The average molecular weight is 525 g/mol. The van der Waals surface area contributed by atoms with E-state index < -0.39 is 35.3 Å². The first-order valence-electron chi connectivity index (χ1n) is 11.6. The van der Waals surface area contributed by atoms with Crippen molar-refractivity contribution in [2.45, 2.75) is 32.7 Å². The standard InChI is InChI=1S/C27H25FN2O6S/c1-4-5-13-36-19-11-9-16(10-12-19)22(31)20-21(17-7-6-8-18(28)14-17)30(25(33)23(20)32)27-29-15(2)24(37-27)26(34)35-3/h6-12,14,21,31H,4-5,13H2,1-3H3/t21-/m0/s1. The number of Topliss-reactive ketones (excluding diaryl/α,β-unsaturated/α-hetero) is 1. The summed E-state index contributed by atoms with van der Waals surface area (Å²) in [7, 11) is 1.22. The minimum absolute atomic E-state index is 0.0491. The van der Waals surface area contributed by atoms with Gasteiger partial charge in [-0.25, -0.2) is 14.2 Å². The number of amides is 1. The Morgan fingerprint density at radius 2 is 1.92 bits per heavy atom. The van der Waals surface area contributed by atoms with Gasteiger partial charge in [0.05, 0.1) is 31.0 Å². The van der Waals surface area contributed by atoms with Crippen molar-refractivity contribution in [2.24, 2.45) is 0 Å². The van der Waals surface area contributed by atoms with Gasteiger partial charge in [0, 0.05) is 5.56 Å². The Hall–Kier alpha value is -4.05. The van der Waals surface area contributed by atoms with Gasteiger partial charge in [0.25, 0.3) is 5.78 Å². The van der Waals surface area contributed by atoms with Crippen LogP contribution in [0.3, 0.4) is 0 Å². The highest BCUT2D eigenvalue weighted by Gasteiger charge is 2.48. The summed E-state index contributed by atoms with van der Waals surface area (Å²) in [6.07, 6.45) is 1.88. The minimum atomic E-state index is -1.17. The number of thiazole rings is 1. The van der Waals surface area contributed by atoms with Gasteiger partial charge in [0.2, 0.25) is 0 Å². The monoisotopic (exact) mass is 524 g/mol. The SMILES string of the molecule is CCCCOc1ccc(C(O)=C2C(=O)C(=O)N(c3nc(C)c(C(=O)OC)s3)[C@H]2c2cccc(F)c2)cc1. The molecule has 4 rings (SSSR count). The molecule has 3 aromatic rings. The molecule has 1 aliphatic rings. The summed E-state index contributed by atoms with van der Waals surface area (Å²) in [5.74, 6) is -2.95. The number of carbonyl (C=O) groups excluding carboxylic acids is 3. The molecule has 1 atom stereocenters. The normalized spacial score (nSPS) is 16.8. The summed E-state index contributed by atoms with van der Waals surface area (Å²) in [6.45, 7) is 4.18. The largest absolute Gasteiger partial charge is 0.507 e. The molecule has 2 heterocycles. The zero-order valence-corrected chi connectivity index (χ0v) is 21.3. The number of esters is 1. The van der Waals surface area contributed by atoms with Crippen molar-refractivity contribution in [3.8, 4) is 5.75 Å². The number of hydrogen-bond acceptors (Lipinski definition) is 8. The van der Waals surface area contributed by atoms with Crippen LogP contribution >= 0.6 is 11.3 Å². The number of ketones is 1. The molecule has 0 unspecified atom stereocenters. The molecule has 2 aromatic carbocycles. The summed E-state index contributed by atoms with van der Waals surface area (Å²) in [5.41, 5.74) is 0.633. The van der Waals surface area contributed by atoms with E-state index in [1.165, 1.54) is 25.3 Å². The van der Waals surface area contributed by atoms with Gasteiger partial charge in [-0.15, -0.1) is 0 Å². The number of halogens is 1. The lowest BCUT2D eigenvalue weighted by atomic mass is 9.95. The zero-order valence-electron chi connectivity index (χ0n) is 20.5. The zero-order chi connectivity index (χ0) is 26.7. The van der Waals surface area contributed by atoms with Crippen molar-refractivity contribution in [3.63, 3.8) is 0 Å². The molecule has 1 N–H and O–H groups in total. The molecular formula is C27H25FN2O6S. The molecule has 0 saturated carbocycles. The van der Waals surface area contributed by atoms with Crippen LogP contribution in [-0.2, 0) is 14.3 Å². The number of aryl methyl sites for hydroxylation is 1. The van der Waals surface area contributed by atoms with Gasteiger partial charge in [-0.05, 0) is 55.3 Å². The molecule has 8 nitrogen and oxygen atoms in total. The number of benzene rings is 2. The van der Waals surface area contributed by atoms with Crippen molar-refractivity contribution in [2.75, 3.05) is 18.6 Å². The van der Waals surface area contributed by atoms with E-state index in [0.29, 0.717) is 18.1 Å². The summed E-state index contributed by atoms with van der Waals surface area (Å²) < 4.78 is 24.7. The molecule has 1 aromatic heterocycles. The fourth-order valence-corrected chi connectivity index (χ4v) is 5.00. The smallest absolute Gasteiger partial charge is 0.350 e. The Bertz CT molecular complexity index is 1380. The van der Waals surface area contributed by atoms with E-state index in [1.807, 2.05) is 0 Å². The van der Waals surface area contributed by atoms with E-state index in [9.17, 15) is 23.9 Å². The number of methoxy groups -OCH3 is 1. The third kappa shape index (κ3) is 5.10. The van der Waals surface area contributed by atoms with Crippen LogP contribution in [0.2, 0.25) is 0 Å². The molecule has 1 amide bonds. The lowest BCUT2D eigenvalue weighted by Crippen LogP contribution is -2.29. The fraction of sp³-hybridized carbons (Fsp3) is 0.259. The third-order valence-electron chi connectivity index (χ3n) is 5.87. The van der Waals surface area contributed by atoms with Gasteiger partial charge in [0.1, 0.15) is 22.2 Å². The number of hydrogen-bond donors (Lipinski definition) is 1. The number of nitrogens with zero attached hydrogens (tertiary/aromatic N) is 2. The maximum Gasteiger partial charge on any atom is 0.350 e. The molecule has 10 heteroatoms. The Kier molecular flexibility index (Phi) is 7.68. The second kappa shape index (κ2) is 10.9. The van der Waals surface area contributed by atoms with Crippen LogP contribution in [0.4, 0.5) is 9.52 Å². The van der Waals surface area contributed by atoms with Crippen molar-refractivity contribution >= 4 is 39.9 Å². The van der Waals surface area contributed by atoms with Crippen LogP contribution in [0.5, 0.6) is 5.75 Å². The highest BCUT2D eigenvalue weighted by atomic mass is 32.1. The Balaban J connectivity index is 1.82. The quantitative estimate of drug-likeness (QED) is 0.142. The number of aliphatic hydroxyl groups excluding tert-OH is 1. The Morgan fingerprint density at radius 1 is 1.19 bits per heavy atom. The van der Waals surface area contributed by atoms with E-state index in [0.717, 1.165) is 29.1 Å². The predicted molar refractivity (Wildman–Crippen MR) is 136 cm³/mol. The minimum Gasteiger partial charge on any atom is -0.507 e. The lowest BCUT2D eigenvalue weighted by Gasteiger charge is -2.23. The van der Waals surface area contributed by atoms with Crippen molar-refractivity contribution in [1.29, 1.82) is 0 Å². The maximum absolute atomic E-state index is 14.2. The first kappa shape index (κ1) is 26.0. The average Bonchev–Trinajstić information content (AvgIpc) is 3.40. The van der Waals surface area contributed by atoms with Gasteiger partial charge in [-0.1, -0.05) is 36.8 Å². The first-order valence-corrected chi connectivity index (χ1v) is 12.4. The molecule has 1 aliphatic heterocycles. The van der Waals surface area contributed by atoms with Gasteiger partial charge in [-0.2, -0.15) is 0 Å². The number of rotatable bonds is 8. The summed E-state index contributed by atoms with van der Waals surface area (Å²) in [6, 6.07) is 10.7. The molecule has 0 bridgehead atoms. The van der Waals surface area contributed by atoms with E-state index in [1.54, 1.807) is 37.3 Å². The Labute approximate surface area is 217 Å². The topological polar surface area (TPSA) is 106 Å². The van der Waals surface area contributed by atoms with Gasteiger partial charge in [-0.3, -0.25) is 14.5 Å². The van der Waals surface area contributed by atoms with Crippen molar-refractivity contribution in [1.82, 2.24) is 4.98 Å². The van der Waals surface area contributed by atoms with Crippen molar-refractivity contribution in [3.05, 3.63) is 81.6 Å². The molecular weight excluding hydrogens is 499 g/mol. The van der Waals surface area contributed by atoms with Crippen LogP contribution in [-0.4, -0.2) is 41.5 Å². The number of ether oxygens (including phenoxy) is 2. The predicted octanol–water partition coefficient (Wildman–Crippen LogP) is 5.18. The molecule has 192 valence electrons. The molecule has 0 radical (unpaired) electrons. The number of aliphatic hydroxyl groups is 1. The van der Waals surface area contributed by atoms with Crippen LogP contribution in [0.1, 0.15) is 52.3 Å². The molecule has 1 fully saturated rings. The summed E-state index contributed by atoms with van der Waals surface area (Å²) in [5, 5.41) is 11.3. The van der Waals surface area contributed by atoms with Crippen LogP contribution in [0.15, 0.2) is 54.1 Å².